The highest BCUT2D eigenvalue weighted by atomic mass is 14.1. The topological polar surface area (TPSA) is 0 Å². The summed E-state index contributed by atoms with van der Waals surface area (Å²) in [6.45, 7) is 10.9. The molecule has 0 aromatic carbocycles. The first-order chi connectivity index (χ1) is 13.7. The van der Waals surface area contributed by atoms with E-state index in [4.69, 9.17) is 0 Å². The number of unbranched alkanes of at least 4 members (excludes halogenated alkanes) is 13. The molecule has 0 fully saturated rings. The van der Waals surface area contributed by atoms with Crippen molar-refractivity contribution in [2.24, 2.45) is 11.8 Å². The van der Waals surface area contributed by atoms with Crippen LogP contribution in [0.5, 0.6) is 0 Å². The van der Waals surface area contributed by atoms with Gasteiger partial charge in [-0.2, -0.15) is 0 Å². The second kappa shape index (κ2) is 22.8. The first-order valence-electron chi connectivity index (χ1n) is 13.0. The van der Waals surface area contributed by atoms with Gasteiger partial charge in [0.05, 0.1) is 0 Å². The molecule has 0 saturated heterocycles. The van der Waals surface area contributed by atoms with E-state index in [1.54, 1.807) is 0 Å². The van der Waals surface area contributed by atoms with Crippen molar-refractivity contribution in [1.29, 1.82) is 0 Å². The largest absolute Gasteiger partial charge is 0.133 e. The van der Waals surface area contributed by atoms with Gasteiger partial charge in [-0.1, -0.05) is 143 Å². The summed E-state index contributed by atoms with van der Waals surface area (Å²) < 4.78 is 0. The third-order valence-electron chi connectivity index (χ3n) is 6.38. The van der Waals surface area contributed by atoms with Gasteiger partial charge in [0.15, 0.2) is 0 Å². The molecule has 166 valence electrons. The lowest BCUT2D eigenvalue weighted by atomic mass is 9.93. The van der Waals surface area contributed by atoms with E-state index in [1.807, 2.05) is 0 Å². The Hall–Kier alpha value is -0.480. The van der Waals surface area contributed by atoms with E-state index in [1.165, 1.54) is 128 Å². The molecule has 28 heavy (non-hydrogen) atoms. The second-order valence-corrected chi connectivity index (χ2v) is 9.51. The van der Waals surface area contributed by atoms with Gasteiger partial charge in [0.2, 0.25) is 0 Å². The summed E-state index contributed by atoms with van der Waals surface area (Å²) in [5.41, 5.74) is 2.86. The number of allylic oxidation sites excluding steroid dienone is 1. The third-order valence-corrected chi connectivity index (χ3v) is 6.38. The lowest BCUT2D eigenvalue weighted by Crippen LogP contribution is -1.97. The van der Waals surface area contributed by atoms with Gasteiger partial charge in [0, 0.05) is 0 Å². The number of hydrogen-bond donors (Lipinski definition) is 0. The van der Waals surface area contributed by atoms with Crippen molar-refractivity contribution in [2.45, 2.75) is 149 Å². The van der Waals surface area contributed by atoms with Crippen molar-refractivity contribution < 1.29 is 0 Å². The van der Waals surface area contributed by atoms with Gasteiger partial charge in [0.1, 0.15) is 0 Å². The predicted octanol–water partition coefficient (Wildman–Crippen LogP) is 10.4. The Balaban J connectivity index is 3.28. The molecular formula is C28H54. The number of hydrogen-bond acceptors (Lipinski definition) is 0. The van der Waals surface area contributed by atoms with E-state index in [0.717, 1.165) is 11.8 Å². The minimum Gasteiger partial charge on any atom is -0.133 e. The van der Waals surface area contributed by atoms with Gasteiger partial charge in [0.25, 0.3) is 0 Å². The van der Waals surface area contributed by atoms with Crippen LogP contribution in [0.1, 0.15) is 149 Å². The highest BCUT2D eigenvalue weighted by Gasteiger charge is 2.04. The Kier molecular flexibility index (Phi) is 22.4. The molecule has 0 nitrogen and oxygen atoms in total. The molecule has 0 heterocycles. The molecule has 0 saturated carbocycles. The van der Waals surface area contributed by atoms with E-state index in [2.05, 4.69) is 39.2 Å². The van der Waals surface area contributed by atoms with Crippen LogP contribution in [-0.2, 0) is 0 Å². The van der Waals surface area contributed by atoms with Gasteiger partial charge < -0.3 is 0 Å². The van der Waals surface area contributed by atoms with Gasteiger partial charge in [-0.25, -0.2) is 0 Å². The zero-order valence-electron chi connectivity index (χ0n) is 20.1. The van der Waals surface area contributed by atoms with Crippen LogP contribution >= 0.6 is 0 Å². The minimum atomic E-state index is 0.946. The summed E-state index contributed by atoms with van der Waals surface area (Å²) in [7, 11) is 0. The van der Waals surface area contributed by atoms with Crippen LogP contribution in [0.2, 0.25) is 0 Å². The summed E-state index contributed by atoms with van der Waals surface area (Å²) in [4.78, 5) is 0. The molecule has 0 aromatic rings. The molecule has 0 N–H and O–H groups in total. The van der Waals surface area contributed by atoms with Crippen LogP contribution in [0, 0.1) is 11.8 Å². The Bertz CT molecular complexity index is 336. The van der Waals surface area contributed by atoms with Crippen molar-refractivity contribution in [3.8, 4) is 0 Å². The van der Waals surface area contributed by atoms with Crippen molar-refractivity contribution in [3.05, 3.63) is 18.4 Å². The SMILES string of the molecule is C=C=CCCCCCCCCCC(C)CCCCCC(C)CCCCCCC. The molecule has 2 unspecified atom stereocenters. The molecule has 0 aliphatic heterocycles. The fourth-order valence-electron chi connectivity index (χ4n) is 4.27. The Morgan fingerprint density at radius 3 is 1.36 bits per heavy atom. The van der Waals surface area contributed by atoms with E-state index in [-0.39, 0.29) is 0 Å². The van der Waals surface area contributed by atoms with Crippen LogP contribution in [0.15, 0.2) is 18.4 Å². The molecular weight excluding hydrogens is 336 g/mol. The Morgan fingerprint density at radius 1 is 0.571 bits per heavy atom. The van der Waals surface area contributed by atoms with Gasteiger partial charge in [-0.3, -0.25) is 0 Å². The van der Waals surface area contributed by atoms with Crippen LogP contribution in [0.25, 0.3) is 0 Å². The first-order valence-corrected chi connectivity index (χ1v) is 13.0. The third kappa shape index (κ3) is 21.8. The molecule has 0 spiro atoms. The van der Waals surface area contributed by atoms with Crippen molar-refractivity contribution in [2.75, 3.05) is 0 Å². The Labute approximate surface area is 179 Å². The zero-order chi connectivity index (χ0) is 20.7. The van der Waals surface area contributed by atoms with Gasteiger partial charge in [-0.05, 0) is 30.8 Å². The second-order valence-electron chi connectivity index (χ2n) is 9.51. The maximum atomic E-state index is 3.61. The maximum absolute atomic E-state index is 3.61. The fourth-order valence-corrected chi connectivity index (χ4v) is 4.27. The van der Waals surface area contributed by atoms with E-state index in [9.17, 15) is 0 Å². The van der Waals surface area contributed by atoms with Gasteiger partial charge in [-0.15, -0.1) is 5.73 Å². The quantitative estimate of drug-likeness (QED) is 0.127. The zero-order valence-corrected chi connectivity index (χ0v) is 20.1. The molecule has 2 atom stereocenters. The van der Waals surface area contributed by atoms with Gasteiger partial charge >= 0.3 is 0 Å². The summed E-state index contributed by atoms with van der Waals surface area (Å²) in [6.07, 6.45) is 30.5. The minimum absolute atomic E-state index is 0.946. The van der Waals surface area contributed by atoms with E-state index in [0.29, 0.717) is 0 Å². The molecule has 0 aliphatic carbocycles. The van der Waals surface area contributed by atoms with Crippen molar-refractivity contribution in [3.63, 3.8) is 0 Å². The Morgan fingerprint density at radius 2 is 0.929 bits per heavy atom. The average Bonchev–Trinajstić information content (AvgIpc) is 2.69. The van der Waals surface area contributed by atoms with Crippen LogP contribution in [0.4, 0.5) is 0 Å². The number of rotatable bonds is 22. The smallest absolute Gasteiger partial charge is 0.0275 e. The van der Waals surface area contributed by atoms with E-state index < -0.39 is 0 Å². The predicted molar refractivity (Wildman–Crippen MR) is 130 cm³/mol. The lowest BCUT2D eigenvalue weighted by molar-refractivity contribution is 0.408. The van der Waals surface area contributed by atoms with Crippen LogP contribution in [-0.4, -0.2) is 0 Å². The summed E-state index contributed by atoms with van der Waals surface area (Å²) in [6, 6.07) is 0. The monoisotopic (exact) mass is 390 g/mol. The molecule has 0 heteroatoms. The highest BCUT2D eigenvalue weighted by Crippen LogP contribution is 2.21. The molecule has 0 amide bonds. The first kappa shape index (κ1) is 27.5. The van der Waals surface area contributed by atoms with Crippen molar-refractivity contribution in [1.82, 2.24) is 0 Å². The average molecular weight is 391 g/mol. The molecule has 0 aromatic heterocycles. The van der Waals surface area contributed by atoms with Crippen LogP contribution in [0.3, 0.4) is 0 Å². The molecule has 0 bridgehead atoms. The van der Waals surface area contributed by atoms with E-state index >= 15 is 0 Å². The molecule has 0 radical (unpaired) electrons. The normalized spacial score (nSPS) is 13.2. The summed E-state index contributed by atoms with van der Waals surface area (Å²) >= 11 is 0. The standard InChI is InChI=1S/C28H54/c1-5-7-9-11-12-13-14-15-17-20-24-28(4)26-22-18-21-25-27(3)23-19-16-10-8-6-2/h7,27-28H,1,6,8-26H2,2-4H3. The lowest BCUT2D eigenvalue weighted by Gasteiger charge is -2.13. The fraction of sp³-hybridized carbons (Fsp3) is 0.893. The van der Waals surface area contributed by atoms with Crippen molar-refractivity contribution >= 4 is 0 Å². The highest BCUT2D eigenvalue weighted by molar-refractivity contribution is 4.74. The molecule has 0 rings (SSSR count). The molecule has 0 aliphatic rings. The van der Waals surface area contributed by atoms with Crippen LogP contribution < -0.4 is 0 Å². The summed E-state index contributed by atoms with van der Waals surface area (Å²) in [5, 5.41) is 0. The maximum Gasteiger partial charge on any atom is -0.0275 e. The summed E-state index contributed by atoms with van der Waals surface area (Å²) in [5.74, 6) is 1.90.